The quantitative estimate of drug-likeness (QED) is 0.755. The van der Waals surface area contributed by atoms with Crippen LogP contribution in [0.4, 0.5) is 0 Å². The lowest BCUT2D eigenvalue weighted by molar-refractivity contribution is 0.469. The molecule has 0 aliphatic carbocycles. The second kappa shape index (κ2) is 3.68. The van der Waals surface area contributed by atoms with Crippen LogP contribution in [0, 0.1) is 0 Å². The maximum Gasteiger partial charge on any atom is 0.119 e. The van der Waals surface area contributed by atoms with E-state index in [9.17, 15) is 5.11 Å². The molecule has 2 heteroatoms. The summed E-state index contributed by atoms with van der Waals surface area (Å²) in [5.74, 6) is 0.342. The molecular weight excluding hydrogens is 174 g/mol. The van der Waals surface area contributed by atoms with Crippen LogP contribution in [0.1, 0.15) is 5.56 Å². The number of phenolic OH excluding ortho intramolecular Hbond substituents is 1. The lowest BCUT2D eigenvalue weighted by Gasteiger charge is -2.07. The van der Waals surface area contributed by atoms with Crippen molar-refractivity contribution in [3.05, 3.63) is 42.0 Å². The number of rotatable bonds is 2. The zero-order valence-electron chi connectivity index (χ0n) is 7.90. The van der Waals surface area contributed by atoms with Crippen molar-refractivity contribution in [2.45, 2.75) is 6.42 Å². The van der Waals surface area contributed by atoms with Crippen LogP contribution in [0.2, 0.25) is 0 Å². The van der Waals surface area contributed by atoms with E-state index in [-0.39, 0.29) is 0 Å². The van der Waals surface area contributed by atoms with Gasteiger partial charge in [0, 0.05) is 5.56 Å². The highest BCUT2D eigenvalue weighted by atomic mass is 16.3. The molecule has 0 spiro atoms. The second-order valence-corrected chi connectivity index (χ2v) is 3.32. The van der Waals surface area contributed by atoms with E-state index in [1.807, 2.05) is 30.3 Å². The van der Waals surface area contributed by atoms with Gasteiger partial charge in [-0.3, -0.25) is 0 Å². The van der Waals surface area contributed by atoms with Crippen LogP contribution in [0.15, 0.2) is 36.4 Å². The first-order valence-electron chi connectivity index (χ1n) is 4.72. The summed E-state index contributed by atoms with van der Waals surface area (Å²) in [6, 6.07) is 11.7. The third-order valence-corrected chi connectivity index (χ3v) is 2.41. The number of nitrogens with two attached hydrogens (primary N) is 1. The Balaban J connectivity index is 2.69. The monoisotopic (exact) mass is 187 g/mol. The Kier molecular flexibility index (Phi) is 2.37. The highest BCUT2D eigenvalue weighted by Gasteiger charge is 2.04. The molecular formula is C12H13NO. The molecule has 0 aliphatic rings. The molecule has 2 rings (SSSR count). The fourth-order valence-corrected chi connectivity index (χ4v) is 1.73. The molecule has 2 aromatic carbocycles. The summed E-state index contributed by atoms with van der Waals surface area (Å²) < 4.78 is 0. The minimum atomic E-state index is 0.342. The van der Waals surface area contributed by atoms with E-state index in [2.05, 4.69) is 0 Å². The van der Waals surface area contributed by atoms with Crippen molar-refractivity contribution < 1.29 is 5.11 Å². The molecule has 0 heterocycles. The van der Waals surface area contributed by atoms with E-state index >= 15 is 0 Å². The molecule has 0 aliphatic heterocycles. The first kappa shape index (κ1) is 9.03. The van der Waals surface area contributed by atoms with Gasteiger partial charge in [-0.15, -0.1) is 0 Å². The van der Waals surface area contributed by atoms with Crippen molar-refractivity contribution in [2.75, 3.05) is 6.54 Å². The lowest BCUT2D eigenvalue weighted by Crippen LogP contribution is -2.03. The van der Waals surface area contributed by atoms with Crippen molar-refractivity contribution >= 4 is 10.8 Å². The van der Waals surface area contributed by atoms with E-state index in [0.717, 1.165) is 16.3 Å². The van der Waals surface area contributed by atoms with Gasteiger partial charge < -0.3 is 10.8 Å². The molecule has 0 radical (unpaired) electrons. The minimum absolute atomic E-state index is 0.342. The van der Waals surface area contributed by atoms with Crippen LogP contribution in [-0.4, -0.2) is 11.7 Å². The summed E-state index contributed by atoms with van der Waals surface area (Å²) in [4.78, 5) is 0. The molecule has 0 unspecified atom stereocenters. The first-order valence-corrected chi connectivity index (χ1v) is 4.72. The number of hydrogen-bond donors (Lipinski definition) is 2. The number of phenols is 1. The van der Waals surface area contributed by atoms with Crippen LogP contribution in [0.3, 0.4) is 0 Å². The average molecular weight is 187 g/mol. The zero-order valence-corrected chi connectivity index (χ0v) is 7.90. The summed E-state index contributed by atoms with van der Waals surface area (Å²) in [7, 11) is 0. The van der Waals surface area contributed by atoms with Crippen molar-refractivity contribution in [3.8, 4) is 5.75 Å². The zero-order chi connectivity index (χ0) is 9.97. The topological polar surface area (TPSA) is 46.2 Å². The number of hydrogen-bond acceptors (Lipinski definition) is 2. The molecule has 2 nitrogen and oxygen atoms in total. The van der Waals surface area contributed by atoms with Gasteiger partial charge in [-0.05, 0) is 29.8 Å². The lowest BCUT2D eigenvalue weighted by atomic mass is 10.0. The normalized spacial score (nSPS) is 10.6. The van der Waals surface area contributed by atoms with E-state index in [4.69, 9.17) is 5.73 Å². The van der Waals surface area contributed by atoms with E-state index in [1.54, 1.807) is 6.07 Å². The minimum Gasteiger partial charge on any atom is -0.508 e. The van der Waals surface area contributed by atoms with Crippen LogP contribution in [0.25, 0.3) is 10.8 Å². The van der Waals surface area contributed by atoms with Crippen molar-refractivity contribution in [3.63, 3.8) is 0 Å². The maximum atomic E-state index is 9.68. The average Bonchev–Trinajstić information content (AvgIpc) is 2.23. The summed E-state index contributed by atoms with van der Waals surface area (Å²) in [6.45, 7) is 0.557. The summed E-state index contributed by atoms with van der Waals surface area (Å²) in [5.41, 5.74) is 6.46. The van der Waals surface area contributed by atoms with Gasteiger partial charge in [0.15, 0.2) is 0 Å². The third kappa shape index (κ3) is 1.44. The van der Waals surface area contributed by atoms with Gasteiger partial charge in [-0.1, -0.05) is 30.3 Å². The highest BCUT2D eigenvalue weighted by molar-refractivity contribution is 5.87. The molecule has 0 fully saturated rings. The predicted molar refractivity (Wildman–Crippen MR) is 58.4 cm³/mol. The molecule has 0 amide bonds. The Hall–Kier alpha value is -1.54. The van der Waals surface area contributed by atoms with Crippen molar-refractivity contribution in [2.24, 2.45) is 5.73 Å². The number of fused-ring (bicyclic) bond motifs is 1. The SMILES string of the molecule is NCCc1c(O)ccc2ccccc12. The third-order valence-electron chi connectivity index (χ3n) is 2.41. The summed E-state index contributed by atoms with van der Waals surface area (Å²) in [6.07, 6.45) is 0.715. The molecule has 3 N–H and O–H groups in total. The Morgan fingerprint density at radius 2 is 1.86 bits per heavy atom. The molecule has 0 atom stereocenters. The summed E-state index contributed by atoms with van der Waals surface area (Å²) in [5, 5.41) is 11.9. The van der Waals surface area contributed by atoms with Crippen molar-refractivity contribution in [1.29, 1.82) is 0 Å². The Morgan fingerprint density at radius 1 is 1.07 bits per heavy atom. The molecule has 0 aromatic heterocycles. The molecule has 72 valence electrons. The van der Waals surface area contributed by atoms with E-state index in [1.165, 1.54) is 0 Å². The van der Waals surface area contributed by atoms with Gasteiger partial charge in [-0.25, -0.2) is 0 Å². The van der Waals surface area contributed by atoms with E-state index in [0.29, 0.717) is 18.7 Å². The van der Waals surface area contributed by atoms with Crippen LogP contribution < -0.4 is 5.73 Å². The van der Waals surface area contributed by atoms with Gasteiger partial charge in [0.05, 0.1) is 0 Å². The van der Waals surface area contributed by atoms with Gasteiger partial charge in [-0.2, -0.15) is 0 Å². The van der Waals surface area contributed by atoms with E-state index < -0.39 is 0 Å². The highest BCUT2D eigenvalue weighted by Crippen LogP contribution is 2.26. The van der Waals surface area contributed by atoms with Gasteiger partial charge in [0.1, 0.15) is 5.75 Å². The number of aromatic hydroxyl groups is 1. The molecule has 2 aromatic rings. The smallest absolute Gasteiger partial charge is 0.119 e. The fraction of sp³-hybridized carbons (Fsp3) is 0.167. The van der Waals surface area contributed by atoms with Gasteiger partial charge in [0.25, 0.3) is 0 Å². The van der Waals surface area contributed by atoms with Gasteiger partial charge in [0.2, 0.25) is 0 Å². The van der Waals surface area contributed by atoms with Crippen LogP contribution in [-0.2, 0) is 6.42 Å². The molecule has 0 saturated carbocycles. The second-order valence-electron chi connectivity index (χ2n) is 3.32. The van der Waals surface area contributed by atoms with Gasteiger partial charge >= 0.3 is 0 Å². The van der Waals surface area contributed by atoms with Crippen LogP contribution in [0.5, 0.6) is 5.75 Å². The summed E-state index contributed by atoms with van der Waals surface area (Å²) >= 11 is 0. The first-order chi connectivity index (χ1) is 6.83. The Morgan fingerprint density at radius 3 is 2.64 bits per heavy atom. The molecule has 0 bridgehead atoms. The maximum absolute atomic E-state index is 9.68. The van der Waals surface area contributed by atoms with Crippen molar-refractivity contribution in [1.82, 2.24) is 0 Å². The standard InChI is InChI=1S/C12H13NO/c13-8-7-11-10-4-2-1-3-9(10)5-6-12(11)14/h1-6,14H,7-8,13H2. The molecule has 14 heavy (non-hydrogen) atoms. The Bertz CT molecular complexity index is 451. The fourth-order valence-electron chi connectivity index (χ4n) is 1.73. The largest absolute Gasteiger partial charge is 0.508 e. The molecule has 0 saturated heterocycles. The number of benzene rings is 2. The van der Waals surface area contributed by atoms with Crippen LogP contribution >= 0.6 is 0 Å². The predicted octanol–water partition coefficient (Wildman–Crippen LogP) is 2.05. The Labute approximate surface area is 83.0 Å².